The van der Waals surface area contributed by atoms with Crippen LogP contribution in [-0.4, -0.2) is 12.6 Å². The summed E-state index contributed by atoms with van der Waals surface area (Å²) in [5.74, 6) is 1.41. The molecule has 2 unspecified atom stereocenters. The van der Waals surface area contributed by atoms with Crippen LogP contribution < -0.4 is 5.32 Å². The van der Waals surface area contributed by atoms with Gasteiger partial charge in [-0.1, -0.05) is 13.8 Å². The molecule has 0 radical (unpaired) electrons. The van der Waals surface area contributed by atoms with Crippen molar-refractivity contribution in [2.75, 3.05) is 6.54 Å². The molecule has 0 aromatic carbocycles. The van der Waals surface area contributed by atoms with E-state index in [9.17, 15) is 0 Å². The van der Waals surface area contributed by atoms with E-state index < -0.39 is 0 Å². The first-order valence-electron chi connectivity index (χ1n) is 4.63. The first-order chi connectivity index (χ1) is 6.16. The number of likely N-dealkylation sites (N-methyl/N-ethyl adjacent to an activating group) is 1. The minimum absolute atomic E-state index is 0.393. The van der Waals surface area contributed by atoms with E-state index in [-0.39, 0.29) is 0 Å². The molecule has 1 N–H and O–H groups in total. The summed E-state index contributed by atoms with van der Waals surface area (Å²) in [6.45, 7) is 7.43. The highest BCUT2D eigenvalue weighted by Gasteiger charge is 2.18. The van der Waals surface area contributed by atoms with Crippen molar-refractivity contribution in [1.29, 1.82) is 0 Å². The van der Waals surface area contributed by atoms with E-state index in [0.717, 1.165) is 16.8 Å². The van der Waals surface area contributed by atoms with Gasteiger partial charge in [-0.2, -0.15) is 0 Å². The molecule has 0 saturated carbocycles. The Bertz CT molecular complexity index is 259. The van der Waals surface area contributed by atoms with Crippen molar-refractivity contribution >= 4 is 15.9 Å². The summed E-state index contributed by atoms with van der Waals surface area (Å²) in [4.78, 5) is 0. The van der Waals surface area contributed by atoms with E-state index >= 15 is 0 Å². The molecular formula is C10H16BrNO. The summed E-state index contributed by atoms with van der Waals surface area (Å²) < 4.78 is 6.47. The molecule has 1 aromatic rings. The van der Waals surface area contributed by atoms with E-state index in [1.807, 2.05) is 6.07 Å². The molecule has 0 aliphatic heterocycles. The lowest BCUT2D eigenvalue weighted by molar-refractivity contribution is 0.406. The van der Waals surface area contributed by atoms with Gasteiger partial charge in [-0.15, -0.1) is 0 Å². The molecule has 1 heterocycles. The zero-order chi connectivity index (χ0) is 9.84. The van der Waals surface area contributed by atoms with E-state index in [2.05, 4.69) is 42.0 Å². The van der Waals surface area contributed by atoms with Gasteiger partial charge in [-0.25, -0.2) is 0 Å². The van der Waals surface area contributed by atoms with Crippen LogP contribution in [0.5, 0.6) is 0 Å². The maximum absolute atomic E-state index is 5.41. The van der Waals surface area contributed by atoms with Gasteiger partial charge in [0.1, 0.15) is 5.76 Å². The Hall–Kier alpha value is -0.280. The van der Waals surface area contributed by atoms with Crippen LogP contribution in [0, 0.1) is 0 Å². The first kappa shape index (κ1) is 10.8. The average molecular weight is 246 g/mol. The van der Waals surface area contributed by atoms with Gasteiger partial charge in [0.05, 0.1) is 10.7 Å². The molecule has 0 spiro atoms. The molecule has 3 heteroatoms. The molecule has 2 nitrogen and oxygen atoms in total. The molecule has 13 heavy (non-hydrogen) atoms. The summed E-state index contributed by atoms with van der Waals surface area (Å²) in [5.41, 5.74) is 0. The Morgan fingerprint density at radius 2 is 2.23 bits per heavy atom. The quantitative estimate of drug-likeness (QED) is 0.882. The first-order valence-corrected chi connectivity index (χ1v) is 5.42. The number of hydrogen-bond donors (Lipinski definition) is 1. The average Bonchev–Trinajstić information content (AvgIpc) is 2.50. The molecule has 1 aromatic heterocycles. The Labute approximate surface area is 87.8 Å². The highest BCUT2D eigenvalue weighted by molar-refractivity contribution is 9.10. The molecule has 0 aliphatic rings. The van der Waals surface area contributed by atoms with Crippen molar-refractivity contribution in [3.8, 4) is 0 Å². The van der Waals surface area contributed by atoms with Crippen molar-refractivity contribution in [2.24, 2.45) is 0 Å². The van der Waals surface area contributed by atoms with Crippen molar-refractivity contribution in [3.63, 3.8) is 0 Å². The number of hydrogen-bond acceptors (Lipinski definition) is 2. The van der Waals surface area contributed by atoms with Gasteiger partial charge in [0, 0.05) is 12.0 Å². The fraction of sp³-hybridized carbons (Fsp3) is 0.600. The van der Waals surface area contributed by atoms with Gasteiger partial charge in [0.2, 0.25) is 0 Å². The normalized spacial score (nSPS) is 15.7. The van der Waals surface area contributed by atoms with E-state index in [0.29, 0.717) is 12.0 Å². The van der Waals surface area contributed by atoms with Crippen LogP contribution in [0.25, 0.3) is 0 Å². The molecule has 1 rings (SSSR count). The summed E-state index contributed by atoms with van der Waals surface area (Å²) >= 11 is 3.46. The third kappa shape index (κ3) is 2.58. The molecule has 0 amide bonds. The second kappa shape index (κ2) is 4.82. The molecule has 0 saturated heterocycles. The summed E-state index contributed by atoms with van der Waals surface area (Å²) in [5, 5.41) is 3.38. The molecule has 2 atom stereocenters. The van der Waals surface area contributed by atoms with Gasteiger partial charge in [0.15, 0.2) is 0 Å². The van der Waals surface area contributed by atoms with Crippen LogP contribution in [0.2, 0.25) is 0 Å². The molecule has 0 bridgehead atoms. The second-order valence-corrected chi connectivity index (χ2v) is 4.12. The lowest BCUT2D eigenvalue weighted by Crippen LogP contribution is -2.30. The minimum atomic E-state index is 0.393. The van der Waals surface area contributed by atoms with Crippen LogP contribution in [0.4, 0.5) is 0 Å². The zero-order valence-electron chi connectivity index (χ0n) is 8.30. The summed E-state index contributed by atoms with van der Waals surface area (Å²) in [6, 6.07) is 2.37. The van der Waals surface area contributed by atoms with Gasteiger partial charge in [-0.05, 0) is 35.5 Å². The monoisotopic (exact) mass is 245 g/mol. The number of nitrogens with one attached hydrogen (secondary N) is 1. The van der Waals surface area contributed by atoms with Gasteiger partial charge < -0.3 is 9.73 Å². The summed E-state index contributed by atoms with van der Waals surface area (Å²) in [6.07, 6.45) is 1.72. The van der Waals surface area contributed by atoms with Crippen molar-refractivity contribution < 1.29 is 4.42 Å². The van der Waals surface area contributed by atoms with Crippen LogP contribution in [-0.2, 0) is 0 Å². The smallest absolute Gasteiger partial charge is 0.122 e. The SMILES string of the molecule is CCNC(C)C(C)c1occc1Br. The number of halogens is 1. The highest BCUT2D eigenvalue weighted by Crippen LogP contribution is 2.27. The minimum Gasteiger partial charge on any atom is -0.468 e. The summed E-state index contributed by atoms with van der Waals surface area (Å²) in [7, 11) is 0. The third-order valence-electron chi connectivity index (χ3n) is 2.33. The van der Waals surface area contributed by atoms with E-state index in [1.165, 1.54) is 0 Å². The van der Waals surface area contributed by atoms with Gasteiger partial charge >= 0.3 is 0 Å². The Morgan fingerprint density at radius 3 is 2.69 bits per heavy atom. The molecular weight excluding hydrogens is 230 g/mol. The standard InChI is InChI=1S/C10H16BrNO/c1-4-12-8(3)7(2)10-9(11)5-6-13-10/h5-8,12H,4H2,1-3H3. The Morgan fingerprint density at radius 1 is 1.54 bits per heavy atom. The Kier molecular flexibility index (Phi) is 4.00. The predicted molar refractivity (Wildman–Crippen MR) is 58.0 cm³/mol. The molecule has 0 aliphatic carbocycles. The van der Waals surface area contributed by atoms with Crippen LogP contribution in [0.15, 0.2) is 21.2 Å². The third-order valence-corrected chi connectivity index (χ3v) is 2.99. The fourth-order valence-electron chi connectivity index (χ4n) is 1.36. The van der Waals surface area contributed by atoms with Crippen molar-refractivity contribution in [3.05, 3.63) is 22.6 Å². The van der Waals surface area contributed by atoms with Crippen LogP contribution in [0.3, 0.4) is 0 Å². The fourth-order valence-corrected chi connectivity index (χ4v) is 1.92. The number of rotatable bonds is 4. The topological polar surface area (TPSA) is 25.2 Å². The highest BCUT2D eigenvalue weighted by atomic mass is 79.9. The van der Waals surface area contributed by atoms with Crippen molar-refractivity contribution in [1.82, 2.24) is 5.32 Å². The van der Waals surface area contributed by atoms with Crippen molar-refractivity contribution in [2.45, 2.75) is 32.7 Å². The van der Waals surface area contributed by atoms with Gasteiger partial charge in [-0.3, -0.25) is 0 Å². The number of furan rings is 1. The molecule has 0 fully saturated rings. The lowest BCUT2D eigenvalue weighted by atomic mass is 10.0. The second-order valence-electron chi connectivity index (χ2n) is 3.27. The maximum Gasteiger partial charge on any atom is 0.122 e. The van der Waals surface area contributed by atoms with Gasteiger partial charge in [0.25, 0.3) is 0 Å². The predicted octanol–water partition coefficient (Wildman–Crippen LogP) is 3.14. The van der Waals surface area contributed by atoms with E-state index in [4.69, 9.17) is 4.42 Å². The Balaban J connectivity index is 2.67. The van der Waals surface area contributed by atoms with E-state index in [1.54, 1.807) is 6.26 Å². The molecule has 74 valence electrons. The lowest BCUT2D eigenvalue weighted by Gasteiger charge is -2.18. The largest absolute Gasteiger partial charge is 0.468 e. The zero-order valence-corrected chi connectivity index (χ0v) is 9.89. The van der Waals surface area contributed by atoms with Crippen LogP contribution >= 0.6 is 15.9 Å². The maximum atomic E-state index is 5.41. The van der Waals surface area contributed by atoms with Crippen LogP contribution in [0.1, 0.15) is 32.4 Å².